The third kappa shape index (κ3) is 2.55. The fourth-order valence-corrected chi connectivity index (χ4v) is 3.43. The van der Waals surface area contributed by atoms with Crippen molar-refractivity contribution in [1.29, 1.82) is 5.26 Å². The lowest BCUT2D eigenvalue weighted by Gasteiger charge is -2.29. The van der Waals surface area contributed by atoms with E-state index in [-0.39, 0.29) is 6.10 Å². The number of hydrogen-bond acceptors (Lipinski definition) is 5. The largest absolute Gasteiger partial charge is 0.377 e. The molecule has 0 radical (unpaired) electrons. The molecule has 3 aromatic heterocycles. The van der Waals surface area contributed by atoms with Crippen molar-refractivity contribution in [3.05, 3.63) is 18.5 Å². The number of nitrogens with one attached hydrogen (secondary N) is 1. The number of nitriles is 1. The standard InChI is InChI=1S/C16H18N6O/c17-7-1-9-23-12-4-2-11(3-5-12)22-15-13-6-8-18-16(13)19-10-14(15)20-21-22/h6,8,10-12,21H,1-5,9H2. The average Bonchev–Trinajstić information content (AvgIpc) is 3.21. The van der Waals surface area contributed by atoms with Crippen LogP contribution in [0.5, 0.6) is 0 Å². The third-order valence-electron chi connectivity index (χ3n) is 4.58. The molecule has 0 saturated heterocycles. The van der Waals surface area contributed by atoms with E-state index in [0.717, 1.165) is 47.8 Å². The Kier molecular flexibility index (Phi) is 3.67. The first-order chi connectivity index (χ1) is 11.4. The second kappa shape index (κ2) is 5.97. The summed E-state index contributed by atoms with van der Waals surface area (Å²) in [5.74, 6) is 0. The minimum atomic E-state index is 0.275. The van der Waals surface area contributed by atoms with Crippen LogP contribution in [0.3, 0.4) is 0 Å². The van der Waals surface area contributed by atoms with E-state index in [1.165, 1.54) is 0 Å². The molecule has 3 heterocycles. The highest BCUT2D eigenvalue weighted by atomic mass is 16.5. The summed E-state index contributed by atoms with van der Waals surface area (Å²) in [5, 5.41) is 17.2. The maximum atomic E-state index is 8.58. The quantitative estimate of drug-likeness (QED) is 0.748. The van der Waals surface area contributed by atoms with E-state index >= 15 is 0 Å². The van der Waals surface area contributed by atoms with Gasteiger partial charge in [-0.3, -0.25) is 4.68 Å². The van der Waals surface area contributed by atoms with Gasteiger partial charge in [-0.15, -0.1) is 0 Å². The molecule has 1 aliphatic rings. The van der Waals surface area contributed by atoms with Crippen molar-refractivity contribution in [2.24, 2.45) is 0 Å². The zero-order chi connectivity index (χ0) is 15.6. The first-order valence-corrected chi connectivity index (χ1v) is 8.01. The van der Waals surface area contributed by atoms with Crippen molar-refractivity contribution in [3.63, 3.8) is 0 Å². The van der Waals surface area contributed by atoms with Gasteiger partial charge in [0.05, 0.1) is 43.0 Å². The van der Waals surface area contributed by atoms with Crippen molar-refractivity contribution < 1.29 is 4.74 Å². The molecule has 7 nitrogen and oxygen atoms in total. The third-order valence-corrected chi connectivity index (χ3v) is 4.58. The zero-order valence-electron chi connectivity index (χ0n) is 12.8. The summed E-state index contributed by atoms with van der Waals surface area (Å²) in [4.78, 5) is 8.60. The van der Waals surface area contributed by atoms with Crippen LogP contribution in [-0.4, -0.2) is 37.7 Å². The molecule has 0 bridgehead atoms. The number of ether oxygens (including phenoxy) is 1. The van der Waals surface area contributed by atoms with Gasteiger partial charge in [0.25, 0.3) is 0 Å². The normalized spacial score (nSPS) is 21.7. The molecule has 0 atom stereocenters. The van der Waals surface area contributed by atoms with Crippen molar-refractivity contribution >= 4 is 22.1 Å². The second-order valence-corrected chi connectivity index (χ2v) is 5.97. The van der Waals surface area contributed by atoms with Crippen LogP contribution in [0.25, 0.3) is 22.1 Å². The Bertz CT molecular complexity index is 852. The van der Waals surface area contributed by atoms with E-state index in [2.05, 4.69) is 31.0 Å². The second-order valence-electron chi connectivity index (χ2n) is 5.97. The van der Waals surface area contributed by atoms with Crippen LogP contribution in [0.15, 0.2) is 18.5 Å². The molecule has 0 aromatic carbocycles. The molecule has 0 spiro atoms. The van der Waals surface area contributed by atoms with E-state index < -0.39 is 0 Å². The topological polar surface area (TPSA) is 92.4 Å². The van der Waals surface area contributed by atoms with Crippen LogP contribution in [0.1, 0.15) is 38.1 Å². The lowest BCUT2D eigenvalue weighted by atomic mass is 9.93. The van der Waals surface area contributed by atoms with E-state index in [9.17, 15) is 0 Å². The highest BCUT2D eigenvalue weighted by molar-refractivity contribution is 6.00. The highest BCUT2D eigenvalue weighted by Gasteiger charge is 2.25. The fraction of sp³-hybridized carbons (Fsp3) is 0.500. The molecule has 1 N–H and O–H groups in total. The number of pyridine rings is 1. The molecular formula is C16H18N6O. The SMILES string of the molecule is N#CCCOC1CCC(n2[nH]nc3cnc4nccc4c32)CC1. The summed E-state index contributed by atoms with van der Waals surface area (Å²) in [6, 6.07) is 4.50. The van der Waals surface area contributed by atoms with Crippen molar-refractivity contribution in [2.45, 2.75) is 44.2 Å². The molecule has 0 aliphatic heterocycles. The molecule has 1 saturated carbocycles. The molecule has 3 aromatic rings. The summed E-state index contributed by atoms with van der Waals surface area (Å²) >= 11 is 0. The summed E-state index contributed by atoms with van der Waals surface area (Å²) in [6.45, 7) is 0.539. The Hall–Kier alpha value is -2.46. The van der Waals surface area contributed by atoms with Crippen LogP contribution in [-0.2, 0) is 4.74 Å². The van der Waals surface area contributed by atoms with Gasteiger partial charge in [-0.05, 0) is 31.7 Å². The molecule has 4 rings (SSSR count). The molecule has 1 aliphatic carbocycles. The summed E-state index contributed by atoms with van der Waals surface area (Å²) < 4.78 is 7.92. The molecule has 118 valence electrons. The van der Waals surface area contributed by atoms with Gasteiger partial charge in [0.1, 0.15) is 5.52 Å². The van der Waals surface area contributed by atoms with Gasteiger partial charge in [-0.25, -0.2) is 15.2 Å². The van der Waals surface area contributed by atoms with Gasteiger partial charge in [-0.2, -0.15) is 10.4 Å². The van der Waals surface area contributed by atoms with Crippen LogP contribution < -0.4 is 0 Å². The molecule has 0 amide bonds. The summed E-state index contributed by atoms with van der Waals surface area (Å²) in [7, 11) is 0. The number of H-pyrrole nitrogens is 1. The highest BCUT2D eigenvalue weighted by Crippen LogP contribution is 2.33. The summed E-state index contributed by atoms with van der Waals surface area (Å²) in [5.41, 5.74) is 2.72. The molecule has 0 unspecified atom stereocenters. The number of rotatable bonds is 4. The van der Waals surface area contributed by atoms with E-state index in [0.29, 0.717) is 19.1 Å². The Balaban J connectivity index is 1.54. The van der Waals surface area contributed by atoms with E-state index in [1.807, 2.05) is 6.07 Å². The van der Waals surface area contributed by atoms with Crippen molar-refractivity contribution in [2.75, 3.05) is 6.61 Å². The zero-order valence-corrected chi connectivity index (χ0v) is 12.8. The van der Waals surface area contributed by atoms with Crippen molar-refractivity contribution in [1.82, 2.24) is 25.0 Å². The number of nitrogens with zero attached hydrogens (tertiary/aromatic N) is 5. The first-order valence-electron chi connectivity index (χ1n) is 8.01. The number of aromatic amines is 1. The molecule has 7 heteroatoms. The maximum Gasteiger partial charge on any atom is 0.161 e. The summed E-state index contributed by atoms with van der Waals surface area (Å²) in [6.07, 6.45) is 8.40. The van der Waals surface area contributed by atoms with Gasteiger partial charge in [0.2, 0.25) is 0 Å². The van der Waals surface area contributed by atoms with Crippen LogP contribution in [0.4, 0.5) is 0 Å². The van der Waals surface area contributed by atoms with E-state index in [1.54, 1.807) is 12.4 Å². The average molecular weight is 310 g/mol. The predicted octanol–water partition coefficient (Wildman–Crippen LogP) is 2.72. The number of hydrogen-bond donors (Lipinski definition) is 1. The number of aromatic nitrogens is 5. The predicted molar refractivity (Wildman–Crippen MR) is 84.7 cm³/mol. The maximum absolute atomic E-state index is 8.58. The Morgan fingerprint density at radius 1 is 1.30 bits per heavy atom. The van der Waals surface area contributed by atoms with Gasteiger partial charge in [0.15, 0.2) is 5.65 Å². The fourth-order valence-electron chi connectivity index (χ4n) is 3.43. The smallest absolute Gasteiger partial charge is 0.161 e. The van der Waals surface area contributed by atoms with Gasteiger partial charge in [-0.1, -0.05) is 0 Å². The van der Waals surface area contributed by atoms with Gasteiger partial charge in [0, 0.05) is 11.6 Å². The molecular weight excluding hydrogens is 292 g/mol. The van der Waals surface area contributed by atoms with Crippen LogP contribution in [0, 0.1) is 11.3 Å². The Labute approximate surface area is 133 Å². The van der Waals surface area contributed by atoms with Crippen LogP contribution >= 0.6 is 0 Å². The van der Waals surface area contributed by atoms with Gasteiger partial charge >= 0.3 is 0 Å². The van der Waals surface area contributed by atoms with Crippen LogP contribution in [0.2, 0.25) is 0 Å². The minimum absolute atomic E-state index is 0.275. The first kappa shape index (κ1) is 14.2. The van der Waals surface area contributed by atoms with E-state index in [4.69, 9.17) is 10.00 Å². The minimum Gasteiger partial charge on any atom is -0.377 e. The lowest BCUT2D eigenvalue weighted by molar-refractivity contribution is 0.0217. The Morgan fingerprint density at radius 2 is 2.17 bits per heavy atom. The Morgan fingerprint density at radius 3 is 3.00 bits per heavy atom. The molecule has 1 fully saturated rings. The lowest BCUT2D eigenvalue weighted by Crippen LogP contribution is -2.24. The monoisotopic (exact) mass is 310 g/mol. The van der Waals surface area contributed by atoms with Gasteiger partial charge < -0.3 is 4.74 Å². The number of fused-ring (bicyclic) bond motifs is 3. The van der Waals surface area contributed by atoms with Crippen molar-refractivity contribution in [3.8, 4) is 6.07 Å². The molecule has 23 heavy (non-hydrogen) atoms.